The first kappa shape index (κ1) is 16.5. The third kappa shape index (κ3) is 3.12. The van der Waals surface area contributed by atoms with Crippen LogP contribution in [0.4, 0.5) is 5.69 Å². The van der Waals surface area contributed by atoms with Crippen molar-refractivity contribution >= 4 is 16.6 Å². The molecule has 27 heavy (non-hydrogen) atoms. The van der Waals surface area contributed by atoms with Crippen molar-refractivity contribution in [2.24, 2.45) is 7.05 Å². The minimum Gasteiger partial charge on any atom is -0.369 e. The van der Waals surface area contributed by atoms with E-state index in [1.165, 1.54) is 23.0 Å². The van der Waals surface area contributed by atoms with Gasteiger partial charge >= 0.3 is 0 Å². The molecule has 140 valence electrons. The summed E-state index contributed by atoms with van der Waals surface area (Å²) in [5.74, 6) is 1.70. The summed E-state index contributed by atoms with van der Waals surface area (Å²) < 4.78 is 6.97. The normalized spacial score (nSPS) is 18.3. The summed E-state index contributed by atoms with van der Waals surface area (Å²) in [6.45, 7) is 4.83. The molecule has 5 rings (SSSR count). The number of nitrogens with zero attached hydrogens (tertiary/aromatic N) is 5. The van der Waals surface area contributed by atoms with Gasteiger partial charge in [-0.2, -0.15) is 0 Å². The highest BCUT2D eigenvalue weighted by atomic mass is 16.5. The van der Waals surface area contributed by atoms with Crippen LogP contribution in [-0.2, 0) is 13.6 Å². The summed E-state index contributed by atoms with van der Waals surface area (Å²) in [7, 11) is 1.73. The second-order valence-corrected chi connectivity index (χ2v) is 7.61. The van der Waals surface area contributed by atoms with Gasteiger partial charge < -0.3 is 14.0 Å². The molecule has 0 bridgehead atoms. The Morgan fingerprint density at radius 1 is 1.19 bits per heavy atom. The molecule has 7 nitrogen and oxygen atoms in total. The van der Waals surface area contributed by atoms with Crippen LogP contribution in [-0.4, -0.2) is 45.8 Å². The summed E-state index contributed by atoms with van der Waals surface area (Å²) in [4.78, 5) is 21.4. The Morgan fingerprint density at radius 2 is 2.00 bits per heavy atom. The molecule has 3 heterocycles. The van der Waals surface area contributed by atoms with Gasteiger partial charge in [-0.05, 0) is 31.0 Å². The van der Waals surface area contributed by atoms with Crippen molar-refractivity contribution in [1.82, 2.24) is 19.6 Å². The number of aromatic nitrogens is 3. The van der Waals surface area contributed by atoms with E-state index in [2.05, 4.69) is 19.9 Å². The molecule has 1 saturated heterocycles. The molecule has 0 atom stereocenters. The van der Waals surface area contributed by atoms with Crippen LogP contribution in [0.5, 0.6) is 0 Å². The Kier molecular flexibility index (Phi) is 3.97. The molecule has 0 unspecified atom stereocenters. The van der Waals surface area contributed by atoms with E-state index in [0.29, 0.717) is 11.3 Å². The second-order valence-electron chi connectivity index (χ2n) is 7.61. The van der Waals surface area contributed by atoms with Gasteiger partial charge in [0, 0.05) is 56.9 Å². The van der Waals surface area contributed by atoms with Crippen molar-refractivity contribution in [2.75, 3.05) is 31.1 Å². The van der Waals surface area contributed by atoms with E-state index in [4.69, 9.17) is 4.52 Å². The predicted molar refractivity (Wildman–Crippen MR) is 103 cm³/mol. The highest BCUT2D eigenvalue weighted by molar-refractivity contribution is 5.81. The molecule has 1 aliphatic heterocycles. The van der Waals surface area contributed by atoms with Crippen molar-refractivity contribution in [3.05, 3.63) is 52.4 Å². The zero-order chi connectivity index (χ0) is 18.4. The summed E-state index contributed by atoms with van der Waals surface area (Å²) >= 11 is 0. The number of rotatable bonds is 4. The average molecular weight is 365 g/mol. The Morgan fingerprint density at radius 3 is 2.78 bits per heavy atom. The first-order chi connectivity index (χ1) is 13.2. The molecular weight excluding hydrogens is 342 g/mol. The van der Waals surface area contributed by atoms with Crippen LogP contribution in [0.1, 0.15) is 30.1 Å². The summed E-state index contributed by atoms with van der Waals surface area (Å²) in [6, 6.07) is 5.95. The van der Waals surface area contributed by atoms with E-state index in [1.807, 2.05) is 24.4 Å². The van der Waals surface area contributed by atoms with Crippen LogP contribution in [0.25, 0.3) is 10.9 Å². The maximum atomic E-state index is 12.2. The number of anilines is 1. The van der Waals surface area contributed by atoms with Gasteiger partial charge in [0.15, 0.2) is 0 Å². The monoisotopic (exact) mass is 365 g/mol. The van der Waals surface area contributed by atoms with Gasteiger partial charge in [0.1, 0.15) is 5.76 Å². The topological polar surface area (TPSA) is 67.4 Å². The highest BCUT2D eigenvalue weighted by Crippen LogP contribution is 2.41. The van der Waals surface area contributed by atoms with E-state index in [0.717, 1.165) is 49.7 Å². The molecule has 0 radical (unpaired) electrons. The standard InChI is InChI=1S/C20H23N5O2/c1-23-13-21-18-10-16(4-5-17(18)20(23)26)25-8-6-24(7-9-25)12-15-11-22-27-19(15)14-2-3-14/h4-5,10-11,13-14H,2-3,6-9,12H2,1H3. The van der Waals surface area contributed by atoms with Crippen LogP contribution in [0.15, 0.2) is 40.0 Å². The molecule has 1 aromatic carbocycles. The van der Waals surface area contributed by atoms with E-state index in [9.17, 15) is 4.79 Å². The van der Waals surface area contributed by atoms with Gasteiger partial charge in [-0.3, -0.25) is 9.69 Å². The number of fused-ring (bicyclic) bond motifs is 1. The molecule has 1 saturated carbocycles. The fourth-order valence-electron chi connectivity index (χ4n) is 3.87. The summed E-state index contributed by atoms with van der Waals surface area (Å²) in [6.07, 6.45) is 5.93. The summed E-state index contributed by atoms with van der Waals surface area (Å²) in [5.41, 5.74) is 3.14. The van der Waals surface area contributed by atoms with Crippen LogP contribution in [0.3, 0.4) is 0 Å². The number of piperazine rings is 1. The van der Waals surface area contributed by atoms with Gasteiger partial charge in [0.2, 0.25) is 0 Å². The third-order valence-corrected chi connectivity index (χ3v) is 5.66. The third-order valence-electron chi connectivity index (χ3n) is 5.66. The molecule has 0 amide bonds. The zero-order valence-electron chi connectivity index (χ0n) is 15.5. The molecule has 2 aliphatic rings. The van der Waals surface area contributed by atoms with Gasteiger partial charge in [-0.1, -0.05) is 5.16 Å². The van der Waals surface area contributed by atoms with Crippen molar-refractivity contribution in [1.29, 1.82) is 0 Å². The smallest absolute Gasteiger partial charge is 0.260 e. The molecule has 0 spiro atoms. The number of hydrogen-bond donors (Lipinski definition) is 0. The number of aryl methyl sites for hydroxylation is 1. The van der Waals surface area contributed by atoms with Crippen LogP contribution in [0.2, 0.25) is 0 Å². The lowest BCUT2D eigenvalue weighted by atomic mass is 10.1. The molecule has 2 aromatic heterocycles. The van der Waals surface area contributed by atoms with Gasteiger partial charge in [-0.25, -0.2) is 4.98 Å². The minimum atomic E-state index is -0.00319. The van der Waals surface area contributed by atoms with E-state index >= 15 is 0 Å². The quantitative estimate of drug-likeness (QED) is 0.706. The summed E-state index contributed by atoms with van der Waals surface area (Å²) in [5, 5.41) is 4.68. The Balaban J connectivity index is 1.27. The van der Waals surface area contributed by atoms with E-state index in [-0.39, 0.29) is 5.56 Å². The maximum Gasteiger partial charge on any atom is 0.260 e. The fraction of sp³-hybridized carbons (Fsp3) is 0.450. The Bertz CT molecular complexity index is 1030. The highest BCUT2D eigenvalue weighted by Gasteiger charge is 2.31. The molecule has 2 fully saturated rings. The first-order valence-corrected chi connectivity index (χ1v) is 9.55. The Labute approximate surface area is 157 Å². The molecule has 0 N–H and O–H groups in total. The van der Waals surface area contributed by atoms with Crippen molar-refractivity contribution in [2.45, 2.75) is 25.3 Å². The predicted octanol–water partition coefficient (Wildman–Crippen LogP) is 2.12. The largest absolute Gasteiger partial charge is 0.369 e. The van der Waals surface area contributed by atoms with Crippen molar-refractivity contribution < 1.29 is 4.52 Å². The lowest BCUT2D eigenvalue weighted by Gasteiger charge is -2.36. The fourth-order valence-corrected chi connectivity index (χ4v) is 3.87. The molecule has 7 heteroatoms. The van der Waals surface area contributed by atoms with Crippen molar-refractivity contribution in [3.8, 4) is 0 Å². The average Bonchev–Trinajstić information content (AvgIpc) is 3.44. The first-order valence-electron chi connectivity index (χ1n) is 9.55. The van der Waals surface area contributed by atoms with Crippen LogP contribution in [0, 0.1) is 0 Å². The SMILES string of the molecule is Cn1cnc2cc(N3CCN(Cc4cnoc4C4CC4)CC3)ccc2c1=O. The lowest BCUT2D eigenvalue weighted by molar-refractivity contribution is 0.247. The number of hydrogen-bond acceptors (Lipinski definition) is 6. The van der Waals surface area contributed by atoms with Crippen LogP contribution < -0.4 is 10.5 Å². The minimum absolute atomic E-state index is 0.00319. The molecule has 1 aliphatic carbocycles. The Hall–Kier alpha value is -2.67. The van der Waals surface area contributed by atoms with E-state index < -0.39 is 0 Å². The second kappa shape index (κ2) is 6.49. The van der Waals surface area contributed by atoms with Crippen LogP contribution >= 0.6 is 0 Å². The van der Waals surface area contributed by atoms with Gasteiger partial charge in [0.25, 0.3) is 5.56 Å². The molecular formula is C20H23N5O2. The lowest BCUT2D eigenvalue weighted by Crippen LogP contribution is -2.46. The van der Waals surface area contributed by atoms with Gasteiger partial charge in [-0.15, -0.1) is 0 Å². The zero-order valence-corrected chi connectivity index (χ0v) is 15.5. The van der Waals surface area contributed by atoms with Gasteiger partial charge in [0.05, 0.1) is 23.4 Å². The molecule has 3 aromatic rings. The van der Waals surface area contributed by atoms with Crippen molar-refractivity contribution in [3.63, 3.8) is 0 Å². The van der Waals surface area contributed by atoms with E-state index in [1.54, 1.807) is 13.4 Å². The number of benzene rings is 1. The maximum absolute atomic E-state index is 12.2.